The summed E-state index contributed by atoms with van der Waals surface area (Å²) in [6.45, 7) is 2.60. The van der Waals surface area contributed by atoms with Crippen LogP contribution >= 0.6 is 11.8 Å². The van der Waals surface area contributed by atoms with Crippen LogP contribution in [0.3, 0.4) is 0 Å². The molecule has 3 rings (SSSR count). The van der Waals surface area contributed by atoms with E-state index in [1.54, 1.807) is 17.0 Å². The van der Waals surface area contributed by atoms with Crippen LogP contribution in [0.15, 0.2) is 38.4 Å². The maximum atomic E-state index is 11.8. The van der Waals surface area contributed by atoms with Crippen LogP contribution in [0.4, 0.5) is 5.69 Å². The Labute approximate surface area is 108 Å². The normalized spacial score (nSPS) is 14.9. The average molecular weight is 261 g/mol. The monoisotopic (exact) mass is 261 g/mol. The van der Waals surface area contributed by atoms with Crippen molar-refractivity contribution in [2.45, 2.75) is 11.8 Å². The second kappa shape index (κ2) is 4.17. The molecule has 2 aromatic rings. The van der Waals surface area contributed by atoms with E-state index in [1.807, 2.05) is 13.0 Å². The second-order valence-corrected chi connectivity index (χ2v) is 4.99. The van der Waals surface area contributed by atoms with E-state index in [-0.39, 0.29) is 11.5 Å². The maximum Gasteiger partial charge on any atom is 0.336 e. The fourth-order valence-electron chi connectivity index (χ4n) is 2.17. The molecule has 0 atom stereocenters. The molecule has 0 radical (unpaired) electrons. The van der Waals surface area contributed by atoms with E-state index in [0.717, 1.165) is 16.0 Å². The molecular formula is C13H11NO3S. The van der Waals surface area contributed by atoms with Gasteiger partial charge >= 0.3 is 5.63 Å². The van der Waals surface area contributed by atoms with Crippen molar-refractivity contribution in [2.75, 3.05) is 17.2 Å². The number of hydrogen-bond donors (Lipinski definition) is 0. The average Bonchev–Trinajstić information content (AvgIpc) is 2.37. The Balaban J connectivity index is 2.29. The highest BCUT2D eigenvalue weighted by Crippen LogP contribution is 2.40. The fourth-order valence-corrected chi connectivity index (χ4v) is 3.24. The lowest BCUT2D eigenvalue weighted by atomic mass is 10.2. The van der Waals surface area contributed by atoms with Gasteiger partial charge in [0, 0.05) is 22.9 Å². The van der Waals surface area contributed by atoms with Crippen LogP contribution in [-0.2, 0) is 4.79 Å². The first-order valence-corrected chi connectivity index (χ1v) is 6.69. The Hall–Kier alpha value is -1.75. The lowest BCUT2D eigenvalue weighted by Gasteiger charge is -2.28. The Morgan fingerprint density at radius 1 is 1.28 bits per heavy atom. The van der Waals surface area contributed by atoms with Crippen LogP contribution in [-0.4, -0.2) is 18.2 Å². The molecule has 0 fully saturated rings. The number of carbonyl (C=O) groups is 1. The minimum Gasteiger partial charge on any atom is -0.423 e. The lowest BCUT2D eigenvalue weighted by Crippen LogP contribution is -2.35. The van der Waals surface area contributed by atoms with Gasteiger partial charge in [-0.1, -0.05) is 0 Å². The molecule has 0 N–H and O–H groups in total. The van der Waals surface area contributed by atoms with Crippen LogP contribution < -0.4 is 10.5 Å². The summed E-state index contributed by atoms with van der Waals surface area (Å²) >= 11 is 1.50. The molecule has 0 saturated heterocycles. The smallest absolute Gasteiger partial charge is 0.336 e. The Bertz CT molecular complexity index is 692. The standard InChI is InChI=1S/C13H11NO3S/c1-2-14-9-4-5-10-8(3-6-12(16)17-10)13(9)18-7-11(14)15/h3-6H,2,7H2,1H3. The molecule has 5 heteroatoms. The van der Waals surface area contributed by atoms with Crippen molar-refractivity contribution in [1.29, 1.82) is 0 Å². The number of amides is 1. The van der Waals surface area contributed by atoms with Gasteiger partial charge in [0.2, 0.25) is 5.91 Å². The zero-order valence-electron chi connectivity index (χ0n) is 9.80. The number of nitrogens with zero attached hydrogens (tertiary/aromatic N) is 1. The SMILES string of the molecule is CCN1C(=O)CSc2c1ccc1oc(=O)ccc21. The summed E-state index contributed by atoms with van der Waals surface area (Å²) in [6, 6.07) is 6.76. The summed E-state index contributed by atoms with van der Waals surface area (Å²) in [6.07, 6.45) is 0. The molecule has 0 bridgehead atoms. The number of carbonyl (C=O) groups excluding carboxylic acids is 1. The Morgan fingerprint density at radius 3 is 2.89 bits per heavy atom. The minimum absolute atomic E-state index is 0.117. The number of benzene rings is 1. The van der Waals surface area contributed by atoms with E-state index >= 15 is 0 Å². The quantitative estimate of drug-likeness (QED) is 0.739. The van der Waals surface area contributed by atoms with E-state index in [0.29, 0.717) is 17.9 Å². The van der Waals surface area contributed by atoms with Crippen molar-refractivity contribution in [2.24, 2.45) is 0 Å². The summed E-state index contributed by atoms with van der Waals surface area (Å²) in [5, 5.41) is 0.892. The molecule has 18 heavy (non-hydrogen) atoms. The molecule has 0 spiro atoms. The van der Waals surface area contributed by atoms with E-state index < -0.39 is 0 Å². The molecule has 2 heterocycles. The predicted octanol–water partition coefficient (Wildman–Crippen LogP) is 2.25. The van der Waals surface area contributed by atoms with E-state index in [4.69, 9.17) is 4.42 Å². The second-order valence-electron chi connectivity index (χ2n) is 4.01. The molecule has 0 saturated carbocycles. The molecule has 4 nitrogen and oxygen atoms in total. The first-order chi connectivity index (χ1) is 8.70. The Kier molecular flexibility index (Phi) is 2.63. The first-order valence-electron chi connectivity index (χ1n) is 5.70. The van der Waals surface area contributed by atoms with Gasteiger partial charge in [-0.05, 0) is 25.1 Å². The lowest BCUT2D eigenvalue weighted by molar-refractivity contribution is -0.116. The number of rotatable bonds is 1. The van der Waals surface area contributed by atoms with Crippen LogP contribution in [0.25, 0.3) is 11.0 Å². The fraction of sp³-hybridized carbons (Fsp3) is 0.231. The summed E-state index contributed by atoms with van der Waals surface area (Å²) < 4.78 is 5.15. The van der Waals surface area contributed by atoms with E-state index in [9.17, 15) is 9.59 Å². The van der Waals surface area contributed by atoms with Gasteiger partial charge < -0.3 is 9.32 Å². The highest BCUT2D eigenvalue weighted by Gasteiger charge is 2.25. The van der Waals surface area contributed by atoms with Gasteiger partial charge in [-0.2, -0.15) is 0 Å². The molecule has 1 aliphatic rings. The third kappa shape index (κ3) is 1.62. The highest BCUT2D eigenvalue weighted by molar-refractivity contribution is 8.00. The first kappa shape index (κ1) is 11.3. The van der Waals surface area contributed by atoms with Crippen molar-refractivity contribution in [1.82, 2.24) is 0 Å². The molecule has 0 aliphatic carbocycles. The largest absolute Gasteiger partial charge is 0.423 e. The number of hydrogen-bond acceptors (Lipinski definition) is 4. The van der Waals surface area contributed by atoms with Crippen LogP contribution in [0.5, 0.6) is 0 Å². The predicted molar refractivity (Wildman–Crippen MR) is 71.2 cm³/mol. The maximum absolute atomic E-state index is 11.8. The topological polar surface area (TPSA) is 50.5 Å². The number of thioether (sulfide) groups is 1. The highest BCUT2D eigenvalue weighted by atomic mass is 32.2. The van der Waals surface area contributed by atoms with Gasteiger partial charge in [-0.25, -0.2) is 4.79 Å². The van der Waals surface area contributed by atoms with Gasteiger partial charge in [-0.3, -0.25) is 4.79 Å². The summed E-state index contributed by atoms with van der Waals surface area (Å²) in [5.41, 5.74) is 1.12. The van der Waals surface area contributed by atoms with Crippen LogP contribution in [0.2, 0.25) is 0 Å². The molecule has 1 aliphatic heterocycles. The molecular weight excluding hydrogens is 250 g/mol. The summed E-state index contributed by atoms with van der Waals surface area (Å²) in [7, 11) is 0. The number of fused-ring (bicyclic) bond motifs is 3. The van der Waals surface area contributed by atoms with Crippen molar-refractivity contribution in [3.63, 3.8) is 0 Å². The van der Waals surface area contributed by atoms with Crippen molar-refractivity contribution in [3.8, 4) is 0 Å². The van der Waals surface area contributed by atoms with Crippen molar-refractivity contribution in [3.05, 3.63) is 34.7 Å². The van der Waals surface area contributed by atoms with E-state index in [1.165, 1.54) is 17.8 Å². The summed E-state index contributed by atoms with van der Waals surface area (Å²) in [4.78, 5) is 25.8. The molecule has 0 unspecified atom stereocenters. The third-order valence-electron chi connectivity index (χ3n) is 2.98. The van der Waals surface area contributed by atoms with Gasteiger partial charge in [0.15, 0.2) is 0 Å². The van der Waals surface area contributed by atoms with Gasteiger partial charge in [0.1, 0.15) is 5.58 Å². The van der Waals surface area contributed by atoms with Crippen molar-refractivity contribution >= 4 is 34.3 Å². The van der Waals surface area contributed by atoms with E-state index in [2.05, 4.69) is 0 Å². The van der Waals surface area contributed by atoms with Crippen LogP contribution in [0, 0.1) is 0 Å². The summed E-state index contributed by atoms with van der Waals surface area (Å²) in [5.74, 6) is 0.547. The molecule has 1 amide bonds. The third-order valence-corrected chi connectivity index (χ3v) is 4.09. The molecule has 1 aromatic carbocycles. The van der Waals surface area contributed by atoms with Gasteiger partial charge in [0.05, 0.1) is 11.4 Å². The van der Waals surface area contributed by atoms with Gasteiger partial charge in [0.25, 0.3) is 0 Å². The van der Waals surface area contributed by atoms with Gasteiger partial charge in [-0.15, -0.1) is 11.8 Å². The molecule has 1 aromatic heterocycles. The zero-order valence-corrected chi connectivity index (χ0v) is 10.6. The zero-order chi connectivity index (χ0) is 12.7. The number of anilines is 1. The Morgan fingerprint density at radius 2 is 2.11 bits per heavy atom. The van der Waals surface area contributed by atoms with Crippen molar-refractivity contribution < 1.29 is 9.21 Å². The minimum atomic E-state index is -0.355. The van der Waals surface area contributed by atoms with Crippen LogP contribution in [0.1, 0.15) is 6.92 Å². The molecule has 92 valence electrons.